The average Bonchev–Trinajstić information content (AvgIpc) is 2.76. The minimum Gasteiger partial charge on any atom is -0.492 e. The van der Waals surface area contributed by atoms with Crippen LogP contribution in [0.4, 0.5) is 0 Å². The van der Waals surface area contributed by atoms with Gasteiger partial charge in [0.15, 0.2) is 5.43 Å². The third-order valence-electron chi connectivity index (χ3n) is 5.89. The zero-order valence-electron chi connectivity index (χ0n) is 19.4. The molecule has 0 aliphatic carbocycles. The lowest BCUT2D eigenvalue weighted by Gasteiger charge is -2.53. The zero-order valence-corrected chi connectivity index (χ0v) is 20.1. The molecule has 0 amide bonds. The first-order valence-corrected chi connectivity index (χ1v) is 11.4. The summed E-state index contributed by atoms with van der Waals surface area (Å²) in [6.45, 7) is 8.04. The molecule has 9 heteroatoms. The Morgan fingerprint density at radius 2 is 2.06 bits per heavy atom. The highest BCUT2D eigenvalue weighted by Gasteiger charge is 2.43. The maximum Gasteiger partial charge on any atom is 0.343 e. The summed E-state index contributed by atoms with van der Waals surface area (Å²) in [5.41, 5.74) is 1.61. The number of aromatic nitrogens is 1. The number of hydrogen-bond acceptors (Lipinski definition) is 7. The van der Waals surface area contributed by atoms with Crippen molar-refractivity contribution in [3.05, 3.63) is 50.8 Å². The lowest BCUT2D eigenvalue weighted by Crippen LogP contribution is -2.61. The highest BCUT2D eigenvalue weighted by Crippen LogP contribution is 2.45. The number of carbonyl (C=O) groups excluding carboxylic acids is 1. The SMILES string of the molecule is CCOC(=O)c1cn2c(cc1=O)-c1cc(Cl)c(OCCCOC)cc1[C@H]1COCC(C)(C)N12. The molecule has 1 saturated heterocycles. The lowest BCUT2D eigenvalue weighted by molar-refractivity contribution is 0.0176. The van der Waals surface area contributed by atoms with E-state index in [1.54, 1.807) is 20.2 Å². The number of benzene rings is 1. The van der Waals surface area contributed by atoms with Crippen molar-refractivity contribution in [3.63, 3.8) is 0 Å². The Morgan fingerprint density at radius 3 is 2.79 bits per heavy atom. The number of halogens is 1. The number of rotatable bonds is 7. The van der Waals surface area contributed by atoms with Gasteiger partial charge in [0.25, 0.3) is 0 Å². The second-order valence-corrected chi connectivity index (χ2v) is 9.16. The Balaban J connectivity index is 1.86. The molecule has 3 heterocycles. The van der Waals surface area contributed by atoms with Crippen molar-refractivity contribution in [3.8, 4) is 17.0 Å². The first kappa shape index (κ1) is 23.6. The van der Waals surface area contributed by atoms with Gasteiger partial charge in [-0.3, -0.25) is 14.5 Å². The topological polar surface area (TPSA) is 79.2 Å². The van der Waals surface area contributed by atoms with Crippen LogP contribution in [0.3, 0.4) is 0 Å². The van der Waals surface area contributed by atoms with E-state index in [9.17, 15) is 9.59 Å². The molecule has 1 fully saturated rings. The van der Waals surface area contributed by atoms with E-state index in [2.05, 4.69) is 18.9 Å². The summed E-state index contributed by atoms with van der Waals surface area (Å²) in [7, 11) is 1.65. The standard InChI is InChI=1S/C24H29ClN2O6/c1-5-32-23(29)17-12-26-19(11-21(17)28)15-9-18(25)22(33-8-6-7-30-4)10-16(15)20-13-31-14-24(2,3)27(20)26/h9-12,20H,5-8,13-14H2,1-4H3/t20-/m1/s1. The molecule has 0 spiro atoms. The first-order valence-electron chi connectivity index (χ1n) is 11.0. The Labute approximate surface area is 197 Å². The highest BCUT2D eigenvalue weighted by atomic mass is 35.5. The fourth-order valence-electron chi connectivity index (χ4n) is 4.47. The molecule has 0 radical (unpaired) electrons. The van der Waals surface area contributed by atoms with Crippen LogP contribution in [0, 0.1) is 0 Å². The summed E-state index contributed by atoms with van der Waals surface area (Å²) < 4.78 is 23.9. The summed E-state index contributed by atoms with van der Waals surface area (Å²) >= 11 is 6.57. The molecule has 2 aliphatic rings. The molecule has 8 nitrogen and oxygen atoms in total. The molecule has 1 aromatic carbocycles. The molecule has 178 valence electrons. The van der Waals surface area contributed by atoms with Crippen LogP contribution >= 0.6 is 11.6 Å². The zero-order chi connectivity index (χ0) is 23.8. The first-order chi connectivity index (χ1) is 15.8. The van der Waals surface area contributed by atoms with E-state index < -0.39 is 16.9 Å². The van der Waals surface area contributed by atoms with Gasteiger partial charge >= 0.3 is 5.97 Å². The fourth-order valence-corrected chi connectivity index (χ4v) is 4.69. The lowest BCUT2D eigenvalue weighted by atomic mass is 9.90. The molecule has 4 rings (SSSR count). The maximum absolute atomic E-state index is 12.9. The van der Waals surface area contributed by atoms with E-state index in [4.69, 9.17) is 30.5 Å². The Kier molecular flexibility index (Phi) is 6.70. The Hall–Kier alpha value is -2.55. The molecule has 2 aliphatic heterocycles. The molecule has 1 atom stereocenters. The van der Waals surface area contributed by atoms with Gasteiger partial charge in [0, 0.05) is 38.0 Å². The van der Waals surface area contributed by atoms with E-state index in [1.807, 2.05) is 16.8 Å². The van der Waals surface area contributed by atoms with Crippen LogP contribution in [0.25, 0.3) is 11.3 Å². The van der Waals surface area contributed by atoms with Gasteiger partial charge in [-0.25, -0.2) is 4.79 Å². The van der Waals surface area contributed by atoms with Crippen LogP contribution < -0.4 is 15.2 Å². The molecular weight excluding hydrogens is 448 g/mol. The van der Waals surface area contributed by atoms with Gasteiger partial charge in [0.05, 0.1) is 48.7 Å². The van der Waals surface area contributed by atoms with E-state index in [1.165, 1.54) is 6.07 Å². The predicted molar refractivity (Wildman–Crippen MR) is 125 cm³/mol. The maximum atomic E-state index is 12.9. The summed E-state index contributed by atoms with van der Waals surface area (Å²) in [6.07, 6.45) is 2.31. The highest BCUT2D eigenvalue weighted by molar-refractivity contribution is 6.32. The van der Waals surface area contributed by atoms with Crippen LogP contribution in [0.2, 0.25) is 5.02 Å². The van der Waals surface area contributed by atoms with Crippen LogP contribution in [-0.2, 0) is 14.2 Å². The normalized spacial score (nSPS) is 18.2. The van der Waals surface area contributed by atoms with Crippen molar-refractivity contribution >= 4 is 17.6 Å². The predicted octanol–water partition coefficient (Wildman–Crippen LogP) is 3.56. The van der Waals surface area contributed by atoms with Crippen molar-refractivity contribution in [2.45, 2.75) is 38.8 Å². The van der Waals surface area contributed by atoms with Crippen molar-refractivity contribution in [1.29, 1.82) is 0 Å². The van der Waals surface area contributed by atoms with Gasteiger partial charge < -0.3 is 18.9 Å². The molecule has 33 heavy (non-hydrogen) atoms. The molecule has 0 N–H and O–H groups in total. The fraction of sp³-hybridized carbons (Fsp3) is 0.500. The molecule has 0 saturated carbocycles. The monoisotopic (exact) mass is 476 g/mol. The van der Waals surface area contributed by atoms with E-state index in [0.29, 0.717) is 42.9 Å². The number of ether oxygens (including phenoxy) is 4. The van der Waals surface area contributed by atoms with Crippen molar-refractivity contribution < 1.29 is 23.7 Å². The molecule has 2 aromatic rings. The smallest absolute Gasteiger partial charge is 0.343 e. The van der Waals surface area contributed by atoms with Gasteiger partial charge in [0.1, 0.15) is 11.3 Å². The minimum atomic E-state index is -0.635. The summed E-state index contributed by atoms with van der Waals surface area (Å²) in [5, 5.41) is 2.60. The number of esters is 1. The van der Waals surface area contributed by atoms with Crippen molar-refractivity contribution in [1.82, 2.24) is 4.68 Å². The number of morpholine rings is 1. The molecular formula is C24H29ClN2O6. The Morgan fingerprint density at radius 1 is 1.27 bits per heavy atom. The van der Waals surface area contributed by atoms with Gasteiger partial charge in [0.2, 0.25) is 0 Å². The van der Waals surface area contributed by atoms with Gasteiger partial charge in [-0.2, -0.15) is 0 Å². The number of pyridine rings is 1. The van der Waals surface area contributed by atoms with Gasteiger partial charge in [-0.1, -0.05) is 11.6 Å². The number of carbonyl (C=O) groups is 1. The van der Waals surface area contributed by atoms with Crippen LogP contribution in [0.1, 0.15) is 49.2 Å². The summed E-state index contributed by atoms with van der Waals surface area (Å²) in [5.74, 6) is -0.0576. The van der Waals surface area contributed by atoms with Gasteiger partial charge in [-0.05, 0) is 38.5 Å². The minimum absolute atomic E-state index is 0.00529. The third-order valence-corrected chi connectivity index (χ3v) is 6.19. The second-order valence-electron chi connectivity index (χ2n) is 8.75. The second kappa shape index (κ2) is 9.37. The van der Waals surface area contributed by atoms with Crippen LogP contribution in [0.15, 0.2) is 29.2 Å². The van der Waals surface area contributed by atoms with Gasteiger partial charge in [-0.15, -0.1) is 0 Å². The van der Waals surface area contributed by atoms with E-state index in [-0.39, 0.29) is 18.2 Å². The molecule has 0 unspecified atom stereocenters. The van der Waals surface area contributed by atoms with E-state index in [0.717, 1.165) is 17.5 Å². The summed E-state index contributed by atoms with van der Waals surface area (Å²) in [4.78, 5) is 25.3. The number of hydrogen-bond donors (Lipinski definition) is 0. The van der Waals surface area contributed by atoms with Crippen LogP contribution in [-0.4, -0.2) is 56.3 Å². The molecule has 1 aromatic heterocycles. The van der Waals surface area contributed by atoms with Crippen molar-refractivity contribution in [2.24, 2.45) is 0 Å². The number of methoxy groups -OCH3 is 1. The van der Waals surface area contributed by atoms with E-state index >= 15 is 0 Å². The van der Waals surface area contributed by atoms with Crippen LogP contribution in [0.5, 0.6) is 5.75 Å². The third kappa shape index (κ3) is 4.35. The average molecular weight is 477 g/mol. The Bertz CT molecular complexity index is 1110. The number of nitrogens with zero attached hydrogens (tertiary/aromatic N) is 2. The summed E-state index contributed by atoms with van der Waals surface area (Å²) in [6, 6.07) is 5.06. The quantitative estimate of drug-likeness (QED) is 0.446. The largest absolute Gasteiger partial charge is 0.492 e. The molecule has 0 bridgehead atoms. The van der Waals surface area contributed by atoms with Crippen molar-refractivity contribution in [2.75, 3.05) is 45.2 Å². The number of fused-ring (bicyclic) bond motifs is 6.